The Morgan fingerprint density at radius 1 is 0.833 bits per heavy atom. The maximum atomic E-state index is 13.2. The number of hydrogen-bond acceptors (Lipinski definition) is 5. The molecule has 0 radical (unpaired) electrons. The molecule has 0 saturated heterocycles. The second-order valence-electron chi connectivity index (χ2n) is 10.2. The molecular weight excluding hydrogens is 591 g/mol. The molecule has 42 heavy (non-hydrogen) atoms. The van der Waals surface area contributed by atoms with Gasteiger partial charge in [-0.3, -0.25) is 0 Å². The first-order chi connectivity index (χ1) is 20.3. The average molecular weight is 614 g/mol. The third-order valence-electron chi connectivity index (χ3n) is 7.67. The lowest BCUT2D eigenvalue weighted by molar-refractivity contribution is 0.0733. The van der Waals surface area contributed by atoms with E-state index in [1.165, 1.54) is 22.6 Å². The molecule has 0 unspecified atom stereocenters. The topological polar surface area (TPSA) is 76.0 Å². The molecule has 5 aromatic carbocycles. The summed E-state index contributed by atoms with van der Waals surface area (Å²) in [4.78, 5) is 15.2. The van der Waals surface area contributed by atoms with Crippen molar-refractivity contribution in [2.24, 2.45) is 4.40 Å². The number of ether oxygens (including phenoxy) is 1. The third kappa shape index (κ3) is 4.54. The number of anilines is 1. The zero-order valence-electron chi connectivity index (χ0n) is 22.1. The van der Waals surface area contributed by atoms with E-state index in [2.05, 4.69) is 22.6 Å². The molecule has 6 nitrogen and oxygen atoms in total. The van der Waals surface area contributed by atoms with Crippen molar-refractivity contribution < 1.29 is 17.9 Å². The van der Waals surface area contributed by atoms with E-state index in [0.717, 1.165) is 23.9 Å². The first-order valence-electron chi connectivity index (χ1n) is 13.3. The summed E-state index contributed by atoms with van der Waals surface area (Å²) < 4.78 is 36.4. The Hall–Kier alpha value is -4.17. The van der Waals surface area contributed by atoms with Crippen LogP contribution in [-0.4, -0.2) is 20.2 Å². The highest BCUT2D eigenvalue weighted by Crippen LogP contribution is 2.40. The first-order valence-corrected chi connectivity index (χ1v) is 15.5. The van der Waals surface area contributed by atoms with Gasteiger partial charge in [0.25, 0.3) is 10.0 Å². The molecule has 2 aliphatic rings. The fourth-order valence-electron chi connectivity index (χ4n) is 5.71. The Kier molecular flexibility index (Phi) is 6.54. The number of fused-ring (bicyclic) bond motifs is 1. The van der Waals surface area contributed by atoms with Gasteiger partial charge in [0.2, 0.25) is 0 Å². The van der Waals surface area contributed by atoms with Crippen LogP contribution in [0.25, 0.3) is 10.8 Å². The monoisotopic (exact) mass is 612 g/mol. The van der Waals surface area contributed by atoms with Gasteiger partial charge in [-0.2, -0.15) is 8.42 Å². The summed E-state index contributed by atoms with van der Waals surface area (Å²) in [6, 6.07) is 28.9. The number of sulfonamides is 1. The molecule has 7 rings (SSSR count). The zero-order chi connectivity index (χ0) is 29.0. The van der Waals surface area contributed by atoms with Crippen LogP contribution >= 0.6 is 23.2 Å². The fraction of sp³-hybridized carbons (Fsp3) is 0.0909. The third-order valence-corrected chi connectivity index (χ3v) is 9.74. The van der Waals surface area contributed by atoms with Gasteiger partial charge in [-0.1, -0.05) is 77.8 Å². The molecule has 1 aliphatic carbocycles. The number of carbonyl (C=O) groups excluding carboxylic acids is 1. The number of aryl methyl sites for hydroxylation is 2. The number of amidine groups is 1. The van der Waals surface area contributed by atoms with Gasteiger partial charge < -0.3 is 9.64 Å². The molecule has 1 heterocycles. The number of rotatable bonds is 5. The van der Waals surface area contributed by atoms with E-state index in [4.69, 9.17) is 27.9 Å². The lowest BCUT2D eigenvalue weighted by Gasteiger charge is -2.27. The Bertz CT molecular complexity index is 2060. The Labute approximate surface area is 252 Å². The van der Waals surface area contributed by atoms with Crippen molar-refractivity contribution in [3.05, 3.63) is 135 Å². The number of carbonyl (C=O) groups is 1. The molecule has 208 valence electrons. The second kappa shape index (κ2) is 10.3. The predicted octanol–water partition coefficient (Wildman–Crippen LogP) is 7.62. The van der Waals surface area contributed by atoms with E-state index in [-0.39, 0.29) is 22.0 Å². The summed E-state index contributed by atoms with van der Waals surface area (Å²) >= 11 is 12.2. The SMILES string of the molecule is O=C(Oc1ccccc1CN(C1=NS(=O)(=O)c2ccccc21)c1ccc2c3c(cccc13)CC2)c1ccc(Cl)c(Cl)c1. The first kappa shape index (κ1) is 26.7. The molecule has 0 bridgehead atoms. The van der Waals surface area contributed by atoms with E-state index in [1.54, 1.807) is 48.5 Å². The number of hydrogen-bond donors (Lipinski definition) is 0. The lowest BCUT2D eigenvalue weighted by Crippen LogP contribution is -2.31. The van der Waals surface area contributed by atoms with Crippen LogP contribution in [-0.2, 0) is 29.4 Å². The zero-order valence-corrected chi connectivity index (χ0v) is 24.4. The number of halogens is 2. The lowest BCUT2D eigenvalue weighted by atomic mass is 10.0. The molecule has 1 aliphatic heterocycles. The largest absolute Gasteiger partial charge is 0.423 e. The van der Waals surface area contributed by atoms with Crippen LogP contribution in [0, 0.1) is 0 Å². The Morgan fingerprint density at radius 2 is 1.60 bits per heavy atom. The van der Waals surface area contributed by atoms with Crippen LogP contribution in [0.5, 0.6) is 5.75 Å². The molecule has 0 spiro atoms. The van der Waals surface area contributed by atoms with Crippen LogP contribution in [0.4, 0.5) is 5.69 Å². The molecule has 0 fully saturated rings. The molecule has 0 saturated carbocycles. The van der Waals surface area contributed by atoms with Gasteiger partial charge in [-0.15, -0.1) is 4.40 Å². The average Bonchev–Trinajstić information content (AvgIpc) is 3.53. The van der Waals surface area contributed by atoms with Crippen molar-refractivity contribution in [3.63, 3.8) is 0 Å². The van der Waals surface area contributed by atoms with Crippen molar-refractivity contribution in [3.8, 4) is 5.75 Å². The molecule has 0 amide bonds. The van der Waals surface area contributed by atoms with Gasteiger partial charge in [-0.05, 0) is 71.8 Å². The van der Waals surface area contributed by atoms with Crippen molar-refractivity contribution in [1.82, 2.24) is 0 Å². The summed E-state index contributed by atoms with van der Waals surface area (Å²) in [7, 11) is -3.89. The number of benzene rings is 5. The summed E-state index contributed by atoms with van der Waals surface area (Å²) in [6.07, 6.45) is 1.92. The van der Waals surface area contributed by atoms with Gasteiger partial charge >= 0.3 is 5.97 Å². The summed E-state index contributed by atoms with van der Waals surface area (Å²) in [5.41, 5.74) is 4.78. The summed E-state index contributed by atoms with van der Waals surface area (Å²) in [6.45, 7) is 0.187. The van der Waals surface area contributed by atoms with Gasteiger partial charge in [-0.25, -0.2) is 4.79 Å². The molecular formula is C33H22Cl2N2O4S. The van der Waals surface area contributed by atoms with Crippen LogP contribution < -0.4 is 9.64 Å². The second-order valence-corrected chi connectivity index (χ2v) is 12.6. The van der Waals surface area contributed by atoms with Crippen LogP contribution in [0.3, 0.4) is 0 Å². The minimum atomic E-state index is -3.89. The van der Waals surface area contributed by atoms with E-state index in [9.17, 15) is 13.2 Å². The summed E-state index contributed by atoms with van der Waals surface area (Å²) in [5.74, 6) is 0.0539. The van der Waals surface area contributed by atoms with Gasteiger partial charge in [0.15, 0.2) is 5.84 Å². The number of esters is 1. The maximum absolute atomic E-state index is 13.2. The quantitative estimate of drug-likeness (QED) is 0.151. The highest BCUT2D eigenvalue weighted by Gasteiger charge is 2.34. The van der Waals surface area contributed by atoms with E-state index < -0.39 is 16.0 Å². The smallest absolute Gasteiger partial charge is 0.343 e. The Balaban J connectivity index is 1.35. The van der Waals surface area contributed by atoms with Gasteiger partial charge in [0, 0.05) is 16.5 Å². The number of para-hydroxylation sites is 1. The molecule has 0 N–H and O–H groups in total. The predicted molar refractivity (Wildman–Crippen MR) is 166 cm³/mol. The van der Waals surface area contributed by atoms with Crippen molar-refractivity contribution in [2.75, 3.05) is 4.90 Å². The highest BCUT2D eigenvalue weighted by atomic mass is 35.5. The van der Waals surface area contributed by atoms with E-state index in [0.29, 0.717) is 27.7 Å². The fourth-order valence-corrected chi connectivity index (χ4v) is 7.22. The number of nitrogens with zero attached hydrogens (tertiary/aromatic N) is 2. The van der Waals surface area contributed by atoms with Crippen molar-refractivity contribution >= 4 is 61.5 Å². The van der Waals surface area contributed by atoms with Crippen LogP contribution in [0.2, 0.25) is 10.0 Å². The Morgan fingerprint density at radius 3 is 2.43 bits per heavy atom. The van der Waals surface area contributed by atoms with Crippen LogP contribution in [0.1, 0.15) is 32.6 Å². The maximum Gasteiger partial charge on any atom is 0.343 e. The minimum Gasteiger partial charge on any atom is -0.423 e. The molecule has 0 aromatic heterocycles. The summed E-state index contributed by atoms with van der Waals surface area (Å²) in [5, 5.41) is 2.78. The highest BCUT2D eigenvalue weighted by molar-refractivity contribution is 7.90. The van der Waals surface area contributed by atoms with E-state index in [1.807, 2.05) is 29.2 Å². The van der Waals surface area contributed by atoms with Crippen molar-refractivity contribution in [2.45, 2.75) is 24.3 Å². The standard InChI is InChI=1S/C33H22Cl2N2O4S/c34-26-16-14-22(18-27(26)35)33(38)41-29-10-3-1-6-23(29)19-37(32-25-8-2-4-11-30(25)42(39,40)36-32)28-17-15-21-13-12-20-7-5-9-24(28)31(20)21/h1-11,14-18H,12-13,19H2. The van der Waals surface area contributed by atoms with E-state index >= 15 is 0 Å². The molecule has 0 atom stereocenters. The minimum absolute atomic E-state index is 0.162. The molecule has 9 heteroatoms. The van der Waals surface area contributed by atoms with Gasteiger partial charge in [0.05, 0.1) is 27.8 Å². The van der Waals surface area contributed by atoms with Crippen molar-refractivity contribution in [1.29, 1.82) is 0 Å². The van der Waals surface area contributed by atoms with Gasteiger partial charge in [0.1, 0.15) is 10.6 Å². The normalized spacial score (nSPS) is 14.5. The van der Waals surface area contributed by atoms with Crippen LogP contribution in [0.15, 0.2) is 106 Å². The molecule has 5 aromatic rings.